The van der Waals surface area contributed by atoms with Crippen molar-refractivity contribution in [3.8, 4) is 0 Å². The summed E-state index contributed by atoms with van der Waals surface area (Å²) in [5.74, 6) is 1.22. The van der Waals surface area contributed by atoms with Crippen molar-refractivity contribution in [3.63, 3.8) is 0 Å². The number of hydrogen-bond acceptors (Lipinski definition) is 1. The second-order valence-electron chi connectivity index (χ2n) is 4.35. The zero-order valence-electron chi connectivity index (χ0n) is 9.28. The average Bonchev–Trinajstić information content (AvgIpc) is 2.50. The van der Waals surface area contributed by atoms with Gasteiger partial charge in [-0.25, -0.2) is 0 Å². The van der Waals surface area contributed by atoms with Crippen molar-refractivity contribution < 1.29 is 0 Å². The number of nitrogens with zero attached hydrogens (tertiary/aromatic N) is 2. The fourth-order valence-electron chi connectivity index (χ4n) is 1.22. The van der Waals surface area contributed by atoms with E-state index in [9.17, 15) is 0 Å². The van der Waals surface area contributed by atoms with Crippen molar-refractivity contribution in [2.75, 3.05) is 0 Å². The largest absolute Gasteiger partial charge is 0.270 e. The predicted molar refractivity (Wildman–Crippen MR) is 55.9 cm³/mol. The van der Waals surface area contributed by atoms with E-state index in [-0.39, 0.29) is 0 Å². The highest BCUT2D eigenvalue weighted by atomic mass is 15.3. The first kappa shape index (κ1) is 10.3. The van der Waals surface area contributed by atoms with Crippen molar-refractivity contribution in [1.29, 1.82) is 0 Å². The van der Waals surface area contributed by atoms with E-state index >= 15 is 0 Å². The lowest BCUT2D eigenvalue weighted by molar-refractivity contribution is 0.486. The zero-order chi connectivity index (χ0) is 10.0. The monoisotopic (exact) mass is 180 g/mol. The highest BCUT2D eigenvalue weighted by Crippen LogP contribution is 2.22. The van der Waals surface area contributed by atoms with Crippen LogP contribution in [0.1, 0.15) is 52.3 Å². The predicted octanol–water partition coefficient (Wildman–Crippen LogP) is 3.22. The van der Waals surface area contributed by atoms with Crippen LogP contribution in [0.15, 0.2) is 12.3 Å². The van der Waals surface area contributed by atoms with Crippen LogP contribution in [0.2, 0.25) is 0 Å². The van der Waals surface area contributed by atoms with Crippen molar-refractivity contribution in [1.82, 2.24) is 9.78 Å². The van der Waals surface area contributed by atoms with Gasteiger partial charge in [0.15, 0.2) is 0 Å². The molecule has 0 amide bonds. The third kappa shape index (κ3) is 2.33. The molecule has 0 saturated heterocycles. The number of hydrogen-bond donors (Lipinski definition) is 0. The van der Waals surface area contributed by atoms with Crippen LogP contribution in [0, 0.1) is 5.92 Å². The number of rotatable bonds is 3. The van der Waals surface area contributed by atoms with E-state index in [1.54, 1.807) is 0 Å². The lowest BCUT2D eigenvalue weighted by Gasteiger charge is -2.12. The Kier molecular flexibility index (Phi) is 3.12. The van der Waals surface area contributed by atoms with Gasteiger partial charge < -0.3 is 0 Å². The molecule has 0 aromatic carbocycles. The third-order valence-electron chi connectivity index (χ3n) is 2.62. The van der Waals surface area contributed by atoms with Crippen LogP contribution < -0.4 is 0 Å². The molecule has 0 spiro atoms. The second-order valence-corrected chi connectivity index (χ2v) is 4.35. The third-order valence-corrected chi connectivity index (χ3v) is 2.62. The highest BCUT2D eigenvalue weighted by Gasteiger charge is 2.13. The summed E-state index contributed by atoms with van der Waals surface area (Å²) in [7, 11) is 0. The van der Waals surface area contributed by atoms with Crippen LogP contribution in [0.3, 0.4) is 0 Å². The van der Waals surface area contributed by atoms with E-state index in [1.165, 1.54) is 5.69 Å². The molecule has 2 nitrogen and oxygen atoms in total. The van der Waals surface area contributed by atoms with Crippen LogP contribution >= 0.6 is 0 Å². The van der Waals surface area contributed by atoms with Gasteiger partial charge in [-0.2, -0.15) is 5.10 Å². The van der Waals surface area contributed by atoms with Gasteiger partial charge in [-0.1, -0.05) is 20.8 Å². The number of aromatic nitrogens is 2. The molecule has 1 aromatic heterocycles. The quantitative estimate of drug-likeness (QED) is 0.698. The standard InChI is InChI=1S/C11H20N2/c1-8(2)10(5)11-6-7-13(12-11)9(3)4/h6-10H,1-5H3/t10-/m0/s1. The van der Waals surface area contributed by atoms with Crippen molar-refractivity contribution in [3.05, 3.63) is 18.0 Å². The fraction of sp³-hybridized carbons (Fsp3) is 0.727. The van der Waals surface area contributed by atoms with Gasteiger partial charge >= 0.3 is 0 Å². The molecule has 1 heterocycles. The minimum absolute atomic E-state index is 0.466. The van der Waals surface area contributed by atoms with E-state index in [0.717, 1.165) is 0 Å². The summed E-state index contributed by atoms with van der Waals surface area (Å²) in [6.45, 7) is 11.0. The topological polar surface area (TPSA) is 17.8 Å². The van der Waals surface area contributed by atoms with Crippen LogP contribution in [-0.4, -0.2) is 9.78 Å². The van der Waals surface area contributed by atoms with E-state index in [2.05, 4.69) is 52.0 Å². The van der Waals surface area contributed by atoms with Gasteiger partial charge in [0.2, 0.25) is 0 Å². The smallest absolute Gasteiger partial charge is 0.0655 e. The Labute approximate surface area is 81.0 Å². The lowest BCUT2D eigenvalue weighted by atomic mass is 9.95. The molecular weight excluding hydrogens is 160 g/mol. The van der Waals surface area contributed by atoms with Gasteiger partial charge in [-0.05, 0) is 25.8 Å². The van der Waals surface area contributed by atoms with E-state index < -0.39 is 0 Å². The summed E-state index contributed by atoms with van der Waals surface area (Å²) in [6.07, 6.45) is 2.07. The molecule has 1 atom stereocenters. The SMILES string of the molecule is CC(C)[C@H](C)c1ccn(C(C)C)n1. The molecule has 74 valence electrons. The average molecular weight is 180 g/mol. The molecule has 13 heavy (non-hydrogen) atoms. The molecule has 1 aromatic rings. The van der Waals surface area contributed by atoms with Crippen molar-refractivity contribution in [2.24, 2.45) is 5.92 Å². The van der Waals surface area contributed by atoms with Gasteiger partial charge in [0.25, 0.3) is 0 Å². The molecule has 0 unspecified atom stereocenters. The minimum Gasteiger partial charge on any atom is -0.270 e. The summed E-state index contributed by atoms with van der Waals surface area (Å²) >= 11 is 0. The molecule has 0 saturated carbocycles. The molecule has 0 aliphatic rings. The zero-order valence-corrected chi connectivity index (χ0v) is 9.28. The Bertz CT molecular complexity index is 261. The molecule has 1 rings (SSSR count). The first-order valence-corrected chi connectivity index (χ1v) is 5.07. The van der Waals surface area contributed by atoms with Gasteiger partial charge in [0.05, 0.1) is 5.69 Å². The minimum atomic E-state index is 0.466. The van der Waals surface area contributed by atoms with E-state index in [0.29, 0.717) is 17.9 Å². The van der Waals surface area contributed by atoms with Crippen LogP contribution in [-0.2, 0) is 0 Å². The van der Waals surface area contributed by atoms with Crippen LogP contribution in [0.4, 0.5) is 0 Å². The maximum atomic E-state index is 4.55. The van der Waals surface area contributed by atoms with Crippen LogP contribution in [0.5, 0.6) is 0 Å². The van der Waals surface area contributed by atoms with E-state index in [4.69, 9.17) is 0 Å². The molecule has 2 heteroatoms. The molecule has 0 fully saturated rings. The summed E-state index contributed by atoms with van der Waals surface area (Å²) in [5, 5.41) is 4.55. The van der Waals surface area contributed by atoms with Gasteiger partial charge in [0.1, 0.15) is 0 Å². The summed E-state index contributed by atoms with van der Waals surface area (Å²) in [6, 6.07) is 2.60. The summed E-state index contributed by atoms with van der Waals surface area (Å²) in [4.78, 5) is 0. The summed E-state index contributed by atoms with van der Waals surface area (Å²) < 4.78 is 2.02. The molecule has 0 aliphatic carbocycles. The van der Waals surface area contributed by atoms with Gasteiger partial charge in [-0.3, -0.25) is 4.68 Å². The van der Waals surface area contributed by atoms with Gasteiger partial charge in [-0.15, -0.1) is 0 Å². The first-order valence-electron chi connectivity index (χ1n) is 5.07. The first-order chi connectivity index (χ1) is 6.02. The molecule has 0 aliphatic heterocycles. The Hall–Kier alpha value is -0.790. The maximum absolute atomic E-state index is 4.55. The molecular formula is C11H20N2. The normalized spacial score (nSPS) is 14.1. The Morgan fingerprint density at radius 1 is 1.15 bits per heavy atom. The summed E-state index contributed by atoms with van der Waals surface area (Å²) in [5.41, 5.74) is 1.21. The van der Waals surface area contributed by atoms with Crippen LogP contribution in [0.25, 0.3) is 0 Å². The Balaban J connectivity index is 2.79. The van der Waals surface area contributed by atoms with E-state index in [1.807, 2.05) is 4.68 Å². The molecule has 0 radical (unpaired) electrons. The molecule has 0 N–H and O–H groups in total. The Morgan fingerprint density at radius 2 is 1.77 bits per heavy atom. The highest BCUT2D eigenvalue weighted by molar-refractivity contribution is 5.06. The van der Waals surface area contributed by atoms with Crippen molar-refractivity contribution in [2.45, 2.75) is 46.6 Å². The molecule has 0 bridgehead atoms. The van der Waals surface area contributed by atoms with Gasteiger partial charge in [0, 0.05) is 18.2 Å². The lowest BCUT2D eigenvalue weighted by Crippen LogP contribution is -2.06. The fourth-order valence-corrected chi connectivity index (χ4v) is 1.22. The maximum Gasteiger partial charge on any atom is 0.0655 e. The van der Waals surface area contributed by atoms with Crippen molar-refractivity contribution >= 4 is 0 Å². The Morgan fingerprint density at radius 3 is 2.15 bits per heavy atom. The second kappa shape index (κ2) is 3.95.